The van der Waals surface area contributed by atoms with Gasteiger partial charge < -0.3 is 16.0 Å². The Balaban J connectivity index is 3.96. The summed E-state index contributed by atoms with van der Waals surface area (Å²) in [5.41, 5.74) is 5.02. The van der Waals surface area contributed by atoms with Gasteiger partial charge >= 0.3 is 0 Å². The third-order valence-corrected chi connectivity index (χ3v) is 1.77. The van der Waals surface area contributed by atoms with Crippen LogP contribution in [0.4, 0.5) is 0 Å². The second-order valence-corrected chi connectivity index (χ2v) is 2.78. The maximum absolute atomic E-state index is 11.3. The maximum Gasteiger partial charge on any atom is 0.242 e. The monoisotopic (exact) mass is 200 g/mol. The highest BCUT2D eigenvalue weighted by atomic mass is 16.2. The summed E-state index contributed by atoms with van der Waals surface area (Å²) in [4.78, 5) is 33.4. The largest absolute Gasteiger partial charge is 0.346 e. The van der Waals surface area contributed by atoms with Gasteiger partial charge in [-0.25, -0.2) is 0 Å². The summed E-state index contributed by atoms with van der Waals surface area (Å²) in [6, 6.07) is -0.614. The van der Waals surface area contributed by atoms with Crippen molar-refractivity contribution >= 4 is 18.1 Å². The van der Waals surface area contributed by atoms with Crippen LogP contribution in [-0.4, -0.2) is 49.2 Å². The van der Waals surface area contributed by atoms with Crippen molar-refractivity contribution in [3.8, 4) is 0 Å². The number of nitrogens with one attached hydrogen (secondary N) is 1. The summed E-state index contributed by atoms with van der Waals surface area (Å²) in [6.45, 7) is 1.22. The number of likely N-dealkylation sites (N-methyl/N-ethyl adjacent to an activating group) is 1. The Kier molecular flexibility index (Phi) is 5.47. The van der Waals surface area contributed by atoms with Gasteiger partial charge in [0.15, 0.2) is 0 Å². The van der Waals surface area contributed by atoms with Gasteiger partial charge in [0.2, 0.25) is 18.1 Å². The Hall–Kier alpha value is -1.43. The minimum absolute atomic E-state index is 0.154. The molecular formula is C8H14N3O3. The molecule has 0 saturated heterocycles. The predicted octanol–water partition coefficient (Wildman–Crippen LogP) is -1.98. The van der Waals surface area contributed by atoms with Gasteiger partial charge in [0.25, 0.3) is 0 Å². The third-order valence-electron chi connectivity index (χ3n) is 1.77. The molecule has 0 aliphatic carbocycles. The molecule has 6 nitrogen and oxygen atoms in total. The number of amides is 2. The van der Waals surface area contributed by atoms with Crippen LogP contribution in [-0.2, 0) is 14.4 Å². The number of hydrogen-bond donors (Lipinski definition) is 2. The molecule has 0 saturated carbocycles. The van der Waals surface area contributed by atoms with E-state index in [0.717, 1.165) is 0 Å². The van der Waals surface area contributed by atoms with E-state index in [9.17, 15) is 14.4 Å². The average molecular weight is 200 g/mol. The van der Waals surface area contributed by atoms with Gasteiger partial charge in [-0.3, -0.25) is 14.4 Å². The van der Waals surface area contributed by atoms with Crippen molar-refractivity contribution in [2.75, 3.05) is 20.1 Å². The standard InChI is InChI=1S/C8H14N3O3/c1-6(5-12)11(2)8(14)4-10-7(13)3-9/h6H,3-4,9H2,1-2H3,(H,10,13)/t6-/m0/s1. The first-order chi connectivity index (χ1) is 6.52. The third kappa shape index (κ3) is 3.99. The normalized spacial score (nSPS) is 11.6. The lowest BCUT2D eigenvalue weighted by Gasteiger charge is -2.19. The molecule has 0 aliphatic heterocycles. The van der Waals surface area contributed by atoms with Gasteiger partial charge in [-0.15, -0.1) is 0 Å². The zero-order valence-electron chi connectivity index (χ0n) is 8.24. The molecule has 0 spiro atoms. The van der Waals surface area contributed by atoms with Crippen LogP contribution in [0.2, 0.25) is 0 Å². The summed E-state index contributed by atoms with van der Waals surface area (Å²) >= 11 is 0. The zero-order chi connectivity index (χ0) is 11.1. The quantitative estimate of drug-likeness (QED) is 0.537. The first kappa shape index (κ1) is 12.6. The lowest BCUT2D eigenvalue weighted by atomic mass is 10.3. The molecule has 1 atom stereocenters. The number of nitrogens with zero attached hydrogens (tertiary/aromatic N) is 1. The Morgan fingerprint density at radius 1 is 1.57 bits per heavy atom. The fourth-order valence-corrected chi connectivity index (χ4v) is 0.666. The Morgan fingerprint density at radius 3 is 2.57 bits per heavy atom. The molecule has 0 fully saturated rings. The first-order valence-corrected chi connectivity index (χ1v) is 4.13. The lowest BCUT2D eigenvalue weighted by Crippen LogP contribution is -2.44. The molecule has 0 aromatic rings. The van der Waals surface area contributed by atoms with Crippen LogP contribution in [0.5, 0.6) is 0 Å². The number of carbonyl (C=O) groups is 2. The summed E-state index contributed by atoms with van der Waals surface area (Å²) < 4.78 is 0. The molecular weight excluding hydrogens is 186 g/mol. The Morgan fingerprint density at radius 2 is 2.14 bits per heavy atom. The summed E-state index contributed by atoms with van der Waals surface area (Å²) in [7, 11) is 1.46. The second-order valence-electron chi connectivity index (χ2n) is 2.78. The molecule has 0 aromatic heterocycles. The topological polar surface area (TPSA) is 92.5 Å². The van der Waals surface area contributed by atoms with E-state index in [4.69, 9.17) is 5.73 Å². The molecule has 0 aromatic carbocycles. The molecule has 79 valence electrons. The minimum Gasteiger partial charge on any atom is -0.346 e. The van der Waals surface area contributed by atoms with Gasteiger partial charge in [-0.1, -0.05) is 0 Å². The van der Waals surface area contributed by atoms with Crippen LogP contribution in [0.3, 0.4) is 0 Å². The lowest BCUT2D eigenvalue weighted by molar-refractivity contribution is -0.132. The zero-order valence-corrected chi connectivity index (χ0v) is 8.24. The average Bonchev–Trinajstić information content (AvgIpc) is 2.22. The molecule has 0 heterocycles. The highest BCUT2D eigenvalue weighted by Crippen LogP contribution is 1.91. The van der Waals surface area contributed by atoms with E-state index in [1.807, 2.05) is 0 Å². The van der Waals surface area contributed by atoms with Crippen LogP contribution in [0.1, 0.15) is 6.92 Å². The van der Waals surface area contributed by atoms with E-state index in [1.165, 1.54) is 18.9 Å². The van der Waals surface area contributed by atoms with E-state index in [1.54, 1.807) is 6.29 Å². The smallest absolute Gasteiger partial charge is 0.242 e. The molecule has 0 bridgehead atoms. The molecule has 14 heavy (non-hydrogen) atoms. The van der Waals surface area contributed by atoms with Gasteiger partial charge in [-0.2, -0.15) is 0 Å². The minimum atomic E-state index is -0.614. The van der Waals surface area contributed by atoms with Gasteiger partial charge in [0, 0.05) is 7.05 Å². The van der Waals surface area contributed by atoms with Crippen LogP contribution in [0, 0.1) is 0 Å². The van der Waals surface area contributed by atoms with Crippen molar-refractivity contribution in [1.82, 2.24) is 10.2 Å². The predicted molar refractivity (Wildman–Crippen MR) is 50.0 cm³/mol. The van der Waals surface area contributed by atoms with Crippen molar-refractivity contribution in [2.24, 2.45) is 5.73 Å². The Labute approximate surface area is 82.4 Å². The first-order valence-electron chi connectivity index (χ1n) is 4.13. The van der Waals surface area contributed by atoms with Gasteiger partial charge in [-0.05, 0) is 6.92 Å². The SMILES string of the molecule is C[C@@H]([C]=O)N(C)C(=O)CNC(=O)CN. The highest BCUT2D eigenvalue weighted by molar-refractivity contribution is 5.86. The second kappa shape index (κ2) is 6.09. The van der Waals surface area contributed by atoms with E-state index in [0.29, 0.717) is 0 Å². The van der Waals surface area contributed by atoms with E-state index in [2.05, 4.69) is 5.32 Å². The van der Waals surface area contributed by atoms with Crippen molar-refractivity contribution in [3.05, 3.63) is 0 Å². The fourth-order valence-electron chi connectivity index (χ4n) is 0.666. The van der Waals surface area contributed by atoms with E-state index in [-0.39, 0.29) is 19.0 Å². The molecule has 2 amide bonds. The van der Waals surface area contributed by atoms with E-state index >= 15 is 0 Å². The van der Waals surface area contributed by atoms with Crippen molar-refractivity contribution in [2.45, 2.75) is 13.0 Å². The van der Waals surface area contributed by atoms with Crippen LogP contribution < -0.4 is 11.1 Å². The molecule has 3 N–H and O–H groups in total. The number of nitrogens with two attached hydrogens (primary N) is 1. The van der Waals surface area contributed by atoms with Gasteiger partial charge in [0.05, 0.1) is 19.1 Å². The van der Waals surface area contributed by atoms with Crippen LogP contribution in [0.15, 0.2) is 0 Å². The van der Waals surface area contributed by atoms with E-state index < -0.39 is 11.9 Å². The van der Waals surface area contributed by atoms with Crippen molar-refractivity contribution in [1.29, 1.82) is 0 Å². The van der Waals surface area contributed by atoms with Crippen molar-refractivity contribution in [3.63, 3.8) is 0 Å². The molecule has 0 rings (SSSR count). The summed E-state index contributed by atoms with van der Waals surface area (Å²) in [6.07, 6.45) is 1.66. The highest BCUT2D eigenvalue weighted by Gasteiger charge is 2.15. The van der Waals surface area contributed by atoms with Gasteiger partial charge in [0.1, 0.15) is 0 Å². The van der Waals surface area contributed by atoms with Crippen molar-refractivity contribution < 1.29 is 14.4 Å². The number of carbonyl (C=O) groups excluding carboxylic acids is 3. The van der Waals surface area contributed by atoms with Crippen LogP contribution >= 0.6 is 0 Å². The maximum atomic E-state index is 11.3. The summed E-state index contributed by atoms with van der Waals surface area (Å²) in [5.74, 6) is -0.767. The Bertz CT molecular complexity index is 230. The molecule has 1 radical (unpaired) electrons. The number of hydrogen-bond acceptors (Lipinski definition) is 4. The van der Waals surface area contributed by atoms with Crippen LogP contribution in [0.25, 0.3) is 0 Å². The fraction of sp³-hybridized carbons (Fsp3) is 0.625. The number of rotatable bonds is 5. The molecule has 0 unspecified atom stereocenters. The molecule has 0 aliphatic rings. The summed E-state index contributed by atoms with van der Waals surface area (Å²) in [5, 5.41) is 2.31. The molecule has 6 heteroatoms.